The van der Waals surface area contributed by atoms with Crippen LogP contribution in [0.2, 0.25) is 0 Å². The number of aryl methyl sites for hydroxylation is 2. The molecule has 0 heterocycles. The molecule has 0 saturated carbocycles. The van der Waals surface area contributed by atoms with Gasteiger partial charge in [-0.05, 0) is 86.3 Å². The van der Waals surface area contributed by atoms with Crippen LogP contribution in [0.25, 0.3) is 0 Å². The number of unbranched alkanes of at least 4 members (excludes halogenated alkanes) is 1. The highest BCUT2D eigenvalue weighted by molar-refractivity contribution is 14.1. The van der Waals surface area contributed by atoms with Crippen molar-refractivity contribution in [1.82, 2.24) is 0 Å². The predicted octanol–water partition coefficient (Wildman–Crippen LogP) is 8.84. The molecule has 0 aliphatic rings. The first kappa shape index (κ1) is 31.3. The van der Waals surface area contributed by atoms with Gasteiger partial charge in [-0.3, -0.25) is 0 Å². The van der Waals surface area contributed by atoms with Gasteiger partial charge in [0.15, 0.2) is 0 Å². The number of aliphatic hydroxyl groups excluding tert-OH is 1. The molecule has 4 aromatic carbocycles. The summed E-state index contributed by atoms with van der Waals surface area (Å²) in [5.74, 6) is 0.879. The van der Waals surface area contributed by atoms with E-state index in [1.54, 1.807) is 0 Å². The summed E-state index contributed by atoms with van der Waals surface area (Å²) in [5.41, 5.74) is 11.2. The minimum absolute atomic E-state index is 0.0233. The summed E-state index contributed by atoms with van der Waals surface area (Å²) >= 11 is 2.52. The summed E-state index contributed by atoms with van der Waals surface area (Å²) < 4.78 is 6.37. The van der Waals surface area contributed by atoms with E-state index < -0.39 is 11.6 Å². The molecule has 41 heavy (non-hydrogen) atoms. The molecule has 3 N–H and O–H groups in total. The van der Waals surface area contributed by atoms with Crippen LogP contribution >= 0.6 is 22.6 Å². The minimum Gasteiger partial charge on any atom is -0.494 e. The van der Waals surface area contributed by atoms with E-state index in [1.807, 2.05) is 25.1 Å². The number of hydrogen-bond donors (Lipinski definition) is 2. The Labute approximate surface area is 260 Å². The SMILES string of the molecule is CC(N)(CCc1ccc(OCCCCc2ccccc2)cc1)C(O)C(CCC(I)c1ccccc1)c1ccccc1. The molecule has 4 aromatic rings. The molecule has 4 unspecified atom stereocenters. The van der Waals surface area contributed by atoms with Crippen molar-refractivity contribution in [2.24, 2.45) is 5.73 Å². The highest BCUT2D eigenvalue weighted by Crippen LogP contribution is 2.37. The number of hydrogen-bond acceptors (Lipinski definition) is 3. The van der Waals surface area contributed by atoms with Gasteiger partial charge in [-0.25, -0.2) is 0 Å². The summed E-state index contributed by atoms with van der Waals surface area (Å²) in [5, 5.41) is 11.7. The smallest absolute Gasteiger partial charge is 0.119 e. The maximum atomic E-state index is 11.7. The Kier molecular flexibility index (Phi) is 12.3. The second kappa shape index (κ2) is 16.1. The molecule has 0 aliphatic carbocycles. The molecule has 4 rings (SSSR count). The van der Waals surface area contributed by atoms with Crippen LogP contribution < -0.4 is 10.5 Å². The lowest BCUT2D eigenvalue weighted by Gasteiger charge is -2.37. The topological polar surface area (TPSA) is 55.5 Å². The van der Waals surface area contributed by atoms with Crippen LogP contribution in [0.3, 0.4) is 0 Å². The van der Waals surface area contributed by atoms with Gasteiger partial charge in [0.1, 0.15) is 5.75 Å². The molecule has 3 nitrogen and oxygen atoms in total. The van der Waals surface area contributed by atoms with Crippen molar-refractivity contribution in [2.75, 3.05) is 6.61 Å². The van der Waals surface area contributed by atoms with E-state index in [2.05, 4.69) is 120 Å². The molecule has 0 amide bonds. The average Bonchev–Trinajstić information content (AvgIpc) is 3.02. The lowest BCUT2D eigenvalue weighted by molar-refractivity contribution is 0.0596. The number of nitrogens with two attached hydrogens (primary N) is 1. The second-order valence-corrected chi connectivity index (χ2v) is 12.9. The third-order valence-corrected chi connectivity index (χ3v) is 9.37. The van der Waals surface area contributed by atoms with Crippen molar-refractivity contribution in [3.05, 3.63) is 138 Å². The third-order valence-electron chi connectivity index (χ3n) is 8.02. The first-order valence-corrected chi connectivity index (χ1v) is 16.1. The fourth-order valence-electron chi connectivity index (χ4n) is 5.40. The quantitative estimate of drug-likeness (QED) is 0.0717. The Hall–Kier alpha value is -2.67. The normalized spacial score (nSPS) is 15.0. The van der Waals surface area contributed by atoms with Crippen molar-refractivity contribution in [1.29, 1.82) is 0 Å². The molecule has 0 radical (unpaired) electrons. The van der Waals surface area contributed by atoms with Crippen molar-refractivity contribution < 1.29 is 9.84 Å². The Bertz CT molecular complexity index is 1260. The van der Waals surface area contributed by atoms with E-state index in [1.165, 1.54) is 16.7 Å². The number of halogens is 1. The maximum Gasteiger partial charge on any atom is 0.119 e. The van der Waals surface area contributed by atoms with Gasteiger partial charge < -0.3 is 15.6 Å². The van der Waals surface area contributed by atoms with Crippen LogP contribution in [0.5, 0.6) is 5.75 Å². The van der Waals surface area contributed by atoms with E-state index >= 15 is 0 Å². The molecular formula is C37H44INO2. The fraction of sp³-hybridized carbons (Fsp3) is 0.351. The predicted molar refractivity (Wildman–Crippen MR) is 180 cm³/mol. The third kappa shape index (κ3) is 9.98. The minimum atomic E-state index is -0.720. The van der Waals surface area contributed by atoms with Gasteiger partial charge in [-0.1, -0.05) is 126 Å². The lowest BCUT2D eigenvalue weighted by Crippen LogP contribution is -2.51. The van der Waals surface area contributed by atoms with Crippen LogP contribution in [-0.4, -0.2) is 23.4 Å². The van der Waals surface area contributed by atoms with Crippen LogP contribution in [0.4, 0.5) is 0 Å². The zero-order valence-electron chi connectivity index (χ0n) is 24.2. The van der Waals surface area contributed by atoms with Crippen molar-refractivity contribution in [3.8, 4) is 5.75 Å². The number of ether oxygens (including phenoxy) is 1. The lowest BCUT2D eigenvalue weighted by atomic mass is 9.77. The molecule has 4 atom stereocenters. The first-order chi connectivity index (χ1) is 19.9. The summed E-state index contributed by atoms with van der Waals surface area (Å²) in [7, 11) is 0. The summed E-state index contributed by atoms with van der Waals surface area (Å²) in [6.07, 6.45) is 5.95. The summed E-state index contributed by atoms with van der Waals surface area (Å²) in [6, 6.07) is 39.9. The Morgan fingerprint density at radius 1 is 0.707 bits per heavy atom. The fourth-order valence-corrected chi connectivity index (χ4v) is 6.18. The molecular weight excluding hydrogens is 617 g/mol. The molecule has 4 heteroatoms. The molecule has 0 spiro atoms. The molecule has 0 aromatic heterocycles. The zero-order chi connectivity index (χ0) is 28.9. The molecule has 0 bridgehead atoms. The van der Waals surface area contributed by atoms with Crippen LogP contribution in [0.1, 0.15) is 71.1 Å². The van der Waals surface area contributed by atoms with E-state index in [0.717, 1.165) is 56.4 Å². The van der Waals surface area contributed by atoms with E-state index in [0.29, 0.717) is 10.3 Å². The van der Waals surface area contributed by atoms with Gasteiger partial charge in [0, 0.05) is 15.4 Å². The number of rotatable bonds is 16. The maximum absolute atomic E-state index is 11.7. The van der Waals surface area contributed by atoms with Crippen molar-refractivity contribution in [2.45, 2.75) is 73.4 Å². The molecule has 0 fully saturated rings. The Balaban J connectivity index is 1.28. The Morgan fingerprint density at radius 2 is 1.27 bits per heavy atom. The highest BCUT2D eigenvalue weighted by Gasteiger charge is 2.35. The summed E-state index contributed by atoms with van der Waals surface area (Å²) in [6.45, 7) is 2.72. The molecule has 216 valence electrons. The number of aliphatic hydroxyl groups is 1. The highest BCUT2D eigenvalue weighted by atomic mass is 127. The average molecular weight is 662 g/mol. The Morgan fingerprint density at radius 3 is 1.90 bits per heavy atom. The van der Waals surface area contributed by atoms with E-state index in [4.69, 9.17) is 10.5 Å². The monoisotopic (exact) mass is 661 g/mol. The first-order valence-electron chi connectivity index (χ1n) is 14.9. The largest absolute Gasteiger partial charge is 0.494 e. The van der Waals surface area contributed by atoms with Gasteiger partial charge in [0.2, 0.25) is 0 Å². The zero-order valence-corrected chi connectivity index (χ0v) is 26.3. The van der Waals surface area contributed by atoms with Crippen LogP contribution in [-0.2, 0) is 12.8 Å². The van der Waals surface area contributed by atoms with E-state index in [9.17, 15) is 5.11 Å². The van der Waals surface area contributed by atoms with Gasteiger partial charge >= 0.3 is 0 Å². The molecule has 0 saturated heterocycles. The number of benzene rings is 4. The van der Waals surface area contributed by atoms with Crippen molar-refractivity contribution >= 4 is 22.6 Å². The molecule has 0 aliphatic heterocycles. The van der Waals surface area contributed by atoms with Crippen LogP contribution in [0, 0.1) is 0 Å². The second-order valence-electron chi connectivity index (χ2n) is 11.4. The van der Waals surface area contributed by atoms with Gasteiger partial charge in [-0.15, -0.1) is 0 Å². The van der Waals surface area contributed by atoms with E-state index in [-0.39, 0.29) is 5.92 Å². The summed E-state index contributed by atoms with van der Waals surface area (Å²) in [4.78, 5) is 0. The number of alkyl halides is 1. The van der Waals surface area contributed by atoms with Gasteiger partial charge in [-0.2, -0.15) is 0 Å². The van der Waals surface area contributed by atoms with Gasteiger partial charge in [0.25, 0.3) is 0 Å². The standard InChI is InChI=1S/C37H44INO2/c1-37(39,27-26-30-20-22-33(23-21-30)41-28-12-11-15-29-13-5-2-6-14-29)36(40)34(31-16-7-3-8-17-31)24-25-35(38)32-18-9-4-10-19-32/h2-10,13-14,16-23,34-36,40H,11-12,15,24-28,39H2,1H3. The van der Waals surface area contributed by atoms with Crippen molar-refractivity contribution in [3.63, 3.8) is 0 Å². The van der Waals surface area contributed by atoms with Gasteiger partial charge in [0.05, 0.1) is 12.7 Å². The van der Waals surface area contributed by atoms with Crippen LogP contribution in [0.15, 0.2) is 115 Å².